The van der Waals surface area contributed by atoms with E-state index in [0.717, 1.165) is 16.9 Å². The van der Waals surface area contributed by atoms with Gasteiger partial charge in [-0.1, -0.05) is 12.1 Å². The van der Waals surface area contributed by atoms with Crippen LogP contribution in [0.2, 0.25) is 0 Å². The van der Waals surface area contributed by atoms with E-state index in [9.17, 15) is 4.79 Å². The molecule has 1 aromatic carbocycles. The minimum absolute atomic E-state index is 0.243. The van der Waals surface area contributed by atoms with Crippen molar-refractivity contribution in [3.8, 4) is 5.75 Å². The maximum absolute atomic E-state index is 11.9. The third-order valence-corrected chi connectivity index (χ3v) is 3.24. The van der Waals surface area contributed by atoms with Gasteiger partial charge in [0, 0.05) is 12.1 Å². The summed E-state index contributed by atoms with van der Waals surface area (Å²) in [4.78, 5) is 16.3. The number of rotatable bonds is 3. The summed E-state index contributed by atoms with van der Waals surface area (Å²) in [6, 6.07) is 9.18. The van der Waals surface area contributed by atoms with Crippen LogP contribution in [-0.4, -0.2) is 9.56 Å². The first kappa shape index (κ1) is 13.4. The Labute approximate surface area is 121 Å². The van der Waals surface area contributed by atoms with Crippen LogP contribution in [0.1, 0.15) is 22.6 Å². The van der Waals surface area contributed by atoms with Gasteiger partial charge in [-0.2, -0.15) is 0 Å². The molecule has 0 unspecified atom stereocenters. The highest BCUT2D eigenvalue weighted by molar-refractivity contribution is 5.38. The lowest BCUT2D eigenvalue weighted by molar-refractivity contribution is 0.296. The summed E-state index contributed by atoms with van der Waals surface area (Å²) in [5, 5.41) is 0. The summed E-state index contributed by atoms with van der Waals surface area (Å²) < 4.78 is 12.2. The number of fused-ring (bicyclic) bond motifs is 1. The van der Waals surface area contributed by atoms with Gasteiger partial charge < -0.3 is 9.26 Å². The molecule has 3 aromatic rings. The third kappa shape index (κ3) is 2.67. The molecule has 0 fully saturated rings. The van der Waals surface area contributed by atoms with E-state index in [4.69, 9.17) is 9.26 Å². The van der Waals surface area contributed by atoms with E-state index in [1.807, 2.05) is 32.0 Å². The van der Waals surface area contributed by atoms with Crippen LogP contribution in [0.15, 0.2) is 39.6 Å². The van der Waals surface area contributed by atoms with E-state index in [2.05, 4.69) is 4.98 Å². The van der Waals surface area contributed by atoms with Gasteiger partial charge in [-0.05, 0) is 38.0 Å². The van der Waals surface area contributed by atoms with Crippen LogP contribution in [-0.2, 0) is 6.61 Å². The lowest BCUT2D eigenvalue weighted by Crippen LogP contribution is -2.14. The predicted octanol–water partition coefficient (Wildman–Crippen LogP) is 2.79. The molecule has 0 aliphatic carbocycles. The molecule has 0 aliphatic rings. The van der Waals surface area contributed by atoms with E-state index in [1.165, 1.54) is 10.6 Å². The molecule has 2 heterocycles. The van der Waals surface area contributed by atoms with Crippen molar-refractivity contribution >= 4 is 5.65 Å². The van der Waals surface area contributed by atoms with Crippen molar-refractivity contribution in [3.63, 3.8) is 0 Å². The van der Waals surface area contributed by atoms with E-state index in [1.54, 1.807) is 13.0 Å². The summed E-state index contributed by atoms with van der Waals surface area (Å²) in [6.45, 7) is 6.03. The maximum Gasteiger partial charge on any atom is 0.287 e. The summed E-state index contributed by atoms with van der Waals surface area (Å²) in [5.41, 5.74) is 3.02. The number of nitrogens with zero attached hydrogens (tertiary/aromatic N) is 2. The number of hydrogen-bond acceptors (Lipinski definition) is 4. The Morgan fingerprint density at radius 3 is 2.81 bits per heavy atom. The van der Waals surface area contributed by atoms with Crippen LogP contribution < -0.4 is 10.3 Å². The van der Waals surface area contributed by atoms with Gasteiger partial charge in [0.2, 0.25) is 0 Å². The molecule has 108 valence electrons. The second-order valence-corrected chi connectivity index (χ2v) is 5.14. The number of aryl methyl sites for hydroxylation is 3. The number of aromatic nitrogens is 2. The lowest BCUT2D eigenvalue weighted by atomic mass is 10.1. The molecule has 2 aromatic heterocycles. The predicted molar refractivity (Wildman–Crippen MR) is 78.7 cm³/mol. The molecule has 3 rings (SSSR count). The van der Waals surface area contributed by atoms with E-state index in [0.29, 0.717) is 17.1 Å². The number of benzene rings is 1. The van der Waals surface area contributed by atoms with Crippen molar-refractivity contribution in [1.82, 2.24) is 9.56 Å². The molecular formula is C16H16N2O3. The monoisotopic (exact) mass is 284 g/mol. The molecule has 0 bridgehead atoms. The smallest absolute Gasteiger partial charge is 0.287 e. The standard InChI is InChI=1S/C16H16N2O3/c1-10-4-5-11(2)14(6-10)20-9-13-8-16(19)18-15(17-13)7-12(3)21-18/h4-8H,9H2,1-3H3. The first-order valence-corrected chi connectivity index (χ1v) is 6.72. The van der Waals surface area contributed by atoms with E-state index < -0.39 is 0 Å². The van der Waals surface area contributed by atoms with Crippen molar-refractivity contribution in [1.29, 1.82) is 0 Å². The van der Waals surface area contributed by atoms with Crippen LogP contribution in [0, 0.1) is 20.8 Å². The van der Waals surface area contributed by atoms with Crippen molar-refractivity contribution in [2.24, 2.45) is 0 Å². The molecule has 5 nitrogen and oxygen atoms in total. The zero-order chi connectivity index (χ0) is 15.0. The Morgan fingerprint density at radius 1 is 1.19 bits per heavy atom. The van der Waals surface area contributed by atoms with Crippen LogP contribution in [0.5, 0.6) is 5.75 Å². The molecule has 21 heavy (non-hydrogen) atoms. The zero-order valence-corrected chi connectivity index (χ0v) is 12.2. The highest BCUT2D eigenvalue weighted by atomic mass is 16.5. The Kier molecular flexibility index (Phi) is 3.25. The highest BCUT2D eigenvalue weighted by Gasteiger charge is 2.08. The van der Waals surface area contributed by atoms with Crippen molar-refractivity contribution in [3.05, 3.63) is 63.3 Å². The average Bonchev–Trinajstić information content (AvgIpc) is 2.81. The molecule has 0 aliphatic heterocycles. The minimum Gasteiger partial charge on any atom is -0.487 e. The SMILES string of the molecule is Cc1ccc(C)c(OCc2cc(=O)n3oc(C)cc3n2)c1. The fourth-order valence-corrected chi connectivity index (χ4v) is 2.16. The average molecular weight is 284 g/mol. The second-order valence-electron chi connectivity index (χ2n) is 5.14. The molecule has 0 spiro atoms. The van der Waals surface area contributed by atoms with Gasteiger partial charge in [-0.15, -0.1) is 4.57 Å². The van der Waals surface area contributed by atoms with Crippen molar-refractivity contribution in [2.75, 3.05) is 0 Å². The first-order valence-electron chi connectivity index (χ1n) is 6.72. The second kappa shape index (κ2) is 5.09. The maximum atomic E-state index is 11.9. The normalized spacial score (nSPS) is 11.0. The van der Waals surface area contributed by atoms with Gasteiger partial charge in [0.1, 0.15) is 18.1 Å². The fraction of sp³-hybridized carbons (Fsp3) is 0.250. The Hall–Kier alpha value is -2.56. The van der Waals surface area contributed by atoms with Gasteiger partial charge in [0.25, 0.3) is 5.56 Å². The zero-order valence-electron chi connectivity index (χ0n) is 12.2. The van der Waals surface area contributed by atoms with Gasteiger partial charge >= 0.3 is 0 Å². The van der Waals surface area contributed by atoms with Crippen molar-refractivity contribution < 1.29 is 9.26 Å². The Bertz CT molecular complexity index is 862. The van der Waals surface area contributed by atoms with Crippen LogP contribution >= 0.6 is 0 Å². The van der Waals surface area contributed by atoms with Gasteiger partial charge in [-0.25, -0.2) is 4.98 Å². The molecule has 5 heteroatoms. The van der Waals surface area contributed by atoms with Crippen LogP contribution in [0.25, 0.3) is 5.65 Å². The summed E-state index contributed by atoms with van der Waals surface area (Å²) in [7, 11) is 0. The summed E-state index contributed by atoms with van der Waals surface area (Å²) in [6.07, 6.45) is 0. The molecule has 0 amide bonds. The Morgan fingerprint density at radius 2 is 2.00 bits per heavy atom. The largest absolute Gasteiger partial charge is 0.487 e. The third-order valence-electron chi connectivity index (χ3n) is 3.24. The number of ether oxygens (including phenoxy) is 1. The van der Waals surface area contributed by atoms with E-state index in [-0.39, 0.29) is 12.2 Å². The molecule has 0 radical (unpaired) electrons. The molecule has 0 saturated heterocycles. The topological polar surface area (TPSA) is 56.7 Å². The number of hydrogen-bond donors (Lipinski definition) is 0. The van der Waals surface area contributed by atoms with Crippen LogP contribution in [0.3, 0.4) is 0 Å². The summed E-state index contributed by atoms with van der Waals surface area (Å²) in [5.74, 6) is 1.45. The summed E-state index contributed by atoms with van der Waals surface area (Å²) >= 11 is 0. The minimum atomic E-state index is -0.243. The van der Waals surface area contributed by atoms with Gasteiger partial charge in [0.15, 0.2) is 5.65 Å². The molecule has 0 saturated carbocycles. The lowest BCUT2D eigenvalue weighted by Gasteiger charge is -2.09. The fourth-order valence-electron chi connectivity index (χ4n) is 2.16. The van der Waals surface area contributed by atoms with E-state index >= 15 is 0 Å². The van der Waals surface area contributed by atoms with Gasteiger partial charge in [0.05, 0.1) is 5.69 Å². The quantitative estimate of drug-likeness (QED) is 0.742. The first-order chi connectivity index (χ1) is 10.0. The molecule has 0 N–H and O–H groups in total. The highest BCUT2D eigenvalue weighted by Crippen LogP contribution is 2.20. The molecular weight excluding hydrogens is 268 g/mol. The Balaban J connectivity index is 1.88. The van der Waals surface area contributed by atoms with Crippen LogP contribution in [0.4, 0.5) is 0 Å². The van der Waals surface area contributed by atoms with Gasteiger partial charge in [-0.3, -0.25) is 4.79 Å². The van der Waals surface area contributed by atoms with Crippen molar-refractivity contribution in [2.45, 2.75) is 27.4 Å². The molecule has 0 atom stereocenters.